The summed E-state index contributed by atoms with van der Waals surface area (Å²) in [6.07, 6.45) is 21.1. The molecule has 0 bridgehead atoms. The summed E-state index contributed by atoms with van der Waals surface area (Å²) in [5, 5.41) is 5.78. The Morgan fingerprint density at radius 3 is 1.22 bits per heavy atom. The fourth-order valence-electron chi connectivity index (χ4n) is 12.8. The minimum atomic E-state index is 0.460. The Balaban J connectivity index is 0.000000126. The van der Waals surface area contributed by atoms with Gasteiger partial charge in [-0.1, -0.05) is 139 Å². The van der Waals surface area contributed by atoms with Crippen LogP contribution in [-0.2, 0) is 41.7 Å². The fourth-order valence-corrected chi connectivity index (χ4v) is 12.8. The van der Waals surface area contributed by atoms with E-state index in [0.29, 0.717) is 17.8 Å². The summed E-state index contributed by atoms with van der Waals surface area (Å²) in [5.41, 5.74) is 24.7. The summed E-state index contributed by atoms with van der Waals surface area (Å²) in [5.74, 6) is 3.50. The van der Waals surface area contributed by atoms with E-state index in [1.807, 2.05) is 79.8 Å². The minimum absolute atomic E-state index is 0.460. The minimum Gasteiger partial charge on any atom is -0.250 e. The number of rotatable bonds is 9. The Labute approximate surface area is 589 Å². The smallest absolute Gasteiger partial charge is 0.250 e. The quantitative estimate of drug-likeness (QED) is 0.132. The normalized spacial score (nSPS) is 11.1. The molecule has 15 rings (SSSR count). The van der Waals surface area contributed by atoms with Crippen LogP contribution in [0.15, 0.2) is 244 Å². The molecule has 0 aliphatic heterocycles. The van der Waals surface area contributed by atoms with E-state index in [1.165, 1.54) is 94.4 Å². The lowest BCUT2D eigenvalue weighted by Gasteiger charge is -2.08. The number of hydrogen-bond donors (Lipinski definition) is 0. The first-order valence-electron chi connectivity index (χ1n) is 34.6. The first-order chi connectivity index (χ1) is 48.2. The van der Waals surface area contributed by atoms with Gasteiger partial charge in [0.15, 0.2) is 18.6 Å². The van der Waals surface area contributed by atoms with Crippen molar-refractivity contribution in [3.05, 3.63) is 288 Å². The number of fused-ring (bicyclic) bond motifs is 5. The van der Waals surface area contributed by atoms with Gasteiger partial charge in [0.1, 0.15) is 50.1 Å². The van der Waals surface area contributed by atoms with E-state index in [9.17, 15) is 0 Å². The van der Waals surface area contributed by atoms with E-state index in [1.54, 1.807) is 6.20 Å². The van der Waals surface area contributed by atoms with Gasteiger partial charge in [-0.05, 0) is 180 Å². The fraction of sp³-hybridized carbons (Fsp3) is 0.227. The van der Waals surface area contributed by atoms with Crippen LogP contribution >= 0.6 is 0 Å². The molecular weight excluding hydrogens is 1230 g/mol. The lowest BCUT2D eigenvalue weighted by molar-refractivity contribution is -0.661. The van der Waals surface area contributed by atoms with Gasteiger partial charge in [0.25, 0.3) is 11.3 Å². The summed E-state index contributed by atoms with van der Waals surface area (Å²) in [6.45, 7) is 24.0. The van der Waals surface area contributed by atoms with Crippen molar-refractivity contribution in [1.29, 1.82) is 0 Å². The number of benzene rings is 5. The van der Waals surface area contributed by atoms with Crippen molar-refractivity contribution in [3.8, 4) is 56.5 Å². The zero-order valence-electron chi connectivity index (χ0n) is 60.9. The molecular formula is C88H93N12+5. The topological polar surface area (TPSA) is 110 Å². The molecule has 5 aromatic carbocycles. The second-order valence-electron chi connectivity index (χ2n) is 27.2. The maximum atomic E-state index is 4.80. The first kappa shape index (κ1) is 70.1. The molecule has 0 saturated heterocycles. The number of pyridine rings is 8. The molecule has 0 amide bonds. The van der Waals surface area contributed by atoms with E-state index >= 15 is 0 Å². The Kier molecular flexibility index (Phi) is 22.1. The third kappa shape index (κ3) is 16.3. The molecule has 0 N–H and O–H groups in total. The van der Waals surface area contributed by atoms with Crippen LogP contribution in [0.1, 0.15) is 97.9 Å². The molecule has 0 fully saturated rings. The van der Waals surface area contributed by atoms with Crippen molar-refractivity contribution in [2.24, 2.45) is 41.2 Å². The van der Waals surface area contributed by atoms with Gasteiger partial charge < -0.3 is 0 Å². The molecule has 0 radical (unpaired) electrons. The predicted molar refractivity (Wildman–Crippen MR) is 408 cm³/mol. The number of hydrogen-bond acceptors (Lipinski definition) is 7. The van der Waals surface area contributed by atoms with Crippen molar-refractivity contribution in [1.82, 2.24) is 34.9 Å². The van der Waals surface area contributed by atoms with Crippen LogP contribution in [0.2, 0.25) is 0 Å². The molecule has 0 spiro atoms. The molecule has 12 nitrogen and oxygen atoms in total. The van der Waals surface area contributed by atoms with Crippen LogP contribution in [0.5, 0.6) is 0 Å². The van der Waals surface area contributed by atoms with Crippen molar-refractivity contribution < 1.29 is 22.8 Å². The lowest BCUT2D eigenvalue weighted by atomic mass is 10.0. The zero-order chi connectivity index (χ0) is 70.7. The summed E-state index contributed by atoms with van der Waals surface area (Å²) in [6, 6.07) is 63.4. The average Bonchev–Trinajstić information content (AvgIpc) is 0.812. The maximum absolute atomic E-state index is 4.80. The lowest BCUT2D eigenvalue weighted by Crippen LogP contribution is -2.32. The summed E-state index contributed by atoms with van der Waals surface area (Å²) in [4.78, 5) is 31.8. The Morgan fingerprint density at radius 2 is 0.740 bits per heavy atom. The largest absolute Gasteiger partial charge is 0.333 e. The molecule has 10 aromatic heterocycles. The van der Waals surface area contributed by atoms with Gasteiger partial charge in [0, 0.05) is 82.0 Å². The highest BCUT2D eigenvalue weighted by atomic mass is 15.0. The highest BCUT2D eigenvalue weighted by molar-refractivity contribution is 5.84. The van der Waals surface area contributed by atoms with Gasteiger partial charge in [0.2, 0.25) is 17.1 Å². The van der Waals surface area contributed by atoms with E-state index in [-0.39, 0.29) is 0 Å². The summed E-state index contributed by atoms with van der Waals surface area (Å²) < 4.78 is 10.6. The maximum Gasteiger partial charge on any atom is 0.333 e. The molecule has 500 valence electrons. The van der Waals surface area contributed by atoms with E-state index in [4.69, 9.17) is 4.98 Å². The van der Waals surface area contributed by atoms with Crippen molar-refractivity contribution in [2.45, 2.75) is 94.4 Å². The van der Waals surface area contributed by atoms with E-state index in [0.717, 1.165) is 67.8 Å². The van der Waals surface area contributed by atoms with Crippen LogP contribution in [0, 0.1) is 40.5 Å². The number of nitrogens with zero attached hydrogens (tertiary/aromatic N) is 12. The highest BCUT2D eigenvalue weighted by Gasteiger charge is 2.23. The average molecular weight is 1320 g/mol. The standard InChI is InChI=1S/C20H23N2.C19H21N2.C18H20N3.C16H15N2.C15H14N3/c1-14(2)9-16-10-17-11-20(18-8-6-5-7-15(18)3)22(4)13-19(17)21-12-16;1-13(2)16-9-15-10-19(17-8-6-5-7-14(17)3)21(4)12-18(15)20-11-16;1-12(2)14-9-10-19-17-16(14)11-21(4)18(20-17)15-8-6-5-7-13(15)3;1-12-6-3-4-8-14(12)16-10-13-7-5-9-17-15(13)11-18(16)2;1-11-6-3-4-8-13(11)15-17-14-12(10-18(15)2)7-5-9-16-14/h5-8,10-14H,9H2,1-4H3;5-13H,1-4H3;5-12H,1-4H3;3-11H,1-2H3;3-10H,1-2H3/q5*+1. The van der Waals surface area contributed by atoms with Crippen molar-refractivity contribution in [3.63, 3.8) is 0 Å². The van der Waals surface area contributed by atoms with Crippen molar-refractivity contribution >= 4 is 54.8 Å². The van der Waals surface area contributed by atoms with Crippen LogP contribution in [0.4, 0.5) is 0 Å². The molecule has 0 saturated carbocycles. The third-order valence-electron chi connectivity index (χ3n) is 18.3. The van der Waals surface area contributed by atoms with Crippen LogP contribution in [0.3, 0.4) is 0 Å². The molecule has 0 unspecified atom stereocenters. The summed E-state index contributed by atoms with van der Waals surface area (Å²) in [7, 11) is 10.3. The second kappa shape index (κ2) is 31.5. The van der Waals surface area contributed by atoms with E-state index < -0.39 is 0 Å². The Bertz CT molecular complexity index is 5250. The van der Waals surface area contributed by atoms with E-state index in [2.05, 4.69) is 322 Å². The van der Waals surface area contributed by atoms with Gasteiger partial charge >= 0.3 is 11.6 Å². The van der Waals surface area contributed by atoms with Gasteiger partial charge in [-0.3, -0.25) is 0 Å². The monoisotopic (exact) mass is 1320 g/mol. The second-order valence-corrected chi connectivity index (χ2v) is 27.2. The zero-order valence-corrected chi connectivity index (χ0v) is 60.9. The molecule has 12 heteroatoms. The van der Waals surface area contributed by atoms with Crippen molar-refractivity contribution in [2.75, 3.05) is 0 Å². The van der Waals surface area contributed by atoms with Crippen LogP contribution in [0.25, 0.3) is 111 Å². The molecule has 0 aliphatic carbocycles. The molecule has 0 aliphatic rings. The van der Waals surface area contributed by atoms with Gasteiger partial charge in [-0.15, -0.1) is 0 Å². The summed E-state index contributed by atoms with van der Waals surface area (Å²) >= 11 is 0. The first-order valence-corrected chi connectivity index (χ1v) is 34.6. The van der Waals surface area contributed by atoms with Crippen LogP contribution in [-0.4, -0.2) is 34.9 Å². The SMILES string of the molecule is Cc1ccccc1-c1cc2cc(C(C)C)cnc2c[n+]1C.Cc1ccccc1-c1cc2cc(CC(C)C)cnc2c[n+]1C.Cc1ccccc1-c1cc2cccnc2c[n+]1C.Cc1ccccc1-c1nc2nccc(C(C)C)c2c[n+]1C.Cc1ccccc1-c1nc2ncccc2c[n+]1C. The van der Waals surface area contributed by atoms with Gasteiger partial charge in [0.05, 0.1) is 36.0 Å². The van der Waals surface area contributed by atoms with Gasteiger partial charge in [-0.25, -0.2) is 34.1 Å². The third-order valence-corrected chi connectivity index (χ3v) is 18.3. The molecule has 0 atom stereocenters. The number of aryl methyl sites for hydroxylation is 10. The van der Waals surface area contributed by atoms with Crippen LogP contribution < -0.4 is 22.8 Å². The molecule has 100 heavy (non-hydrogen) atoms. The predicted octanol–water partition coefficient (Wildman–Crippen LogP) is 17.4. The highest BCUT2D eigenvalue weighted by Crippen LogP contribution is 2.29. The number of aromatic nitrogens is 12. The molecule has 10 heterocycles. The van der Waals surface area contributed by atoms with Gasteiger partial charge in [-0.2, -0.15) is 13.7 Å². The Morgan fingerprint density at radius 1 is 0.330 bits per heavy atom. The molecule has 15 aromatic rings. The Hall–Kier alpha value is -11.2.